The summed E-state index contributed by atoms with van der Waals surface area (Å²) >= 11 is 0. The summed E-state index contributed by atoms with van der Waals surface area (Å²) in [7, 11) is 0. The summed E-state index contributed by atoms with van der Waals surface area (Å²) in [6, 6.07) is 0. The molecule has 0 aromatic heterocycles. The Morgan fingerprint density at radius 2 is 2.27 bits per heavy atom. The molecule has 0 heterocycles. The minimum Gasteiger partial charge on any atom is -0.394 e. The van der Waals surface area contributed by atoms with Gasteiger partial charge in [0.2, 0.25) is 0 Å². The van der Waals surface area contributed by atoms with Gasteiger partial charge in [-0.15, -0.1) is 0 Å². The molecule has 1 fully saturated rings. The third-order valence-corrected chi connectivity index (χ3v) is 3.30. The molecule has 1 aliphatic carbocycles. The number of carbonyl (C=O) groups excluding carboxylic acids is 1. The van der Waals surface area contributed by atoms with Crippen LogP contribution in [0.15, 0.2) is 0 Å². The molecule has 1 aliphatic rings. The van der Waals surface area contributed by atoms with E-state index in [0.717, 1.165) is 31.6 Å². The standard InChI is InChI=1S/C12H22O3/c1-2-10-3-4-12(14)11(9-10)5-7-15-8-6-13/h10-11,13H,2-9H2,1H3. The number of aliphatic hydroxyl groups excluding tert-OH is 1. The normalized spacial score (nSPS) is 26.9. The van der Waals surface area contributed by atoms with Crippen LogP contribution in [-0.4, -0.2) is 30.7 Å². The third kappa shape index (κ3) is 4.31. The molecule has 1 saturated carbocycles. The highest BCUT2D eigenvalue weighted by Gasteiger charge is 2.27. The highest BCUT2D eigenvalue weighted by Crippen LogP contribution is 2.30. The van der Waals surface area contributed by atoms with Crippen molar-refractivity contribution in [2.75, 3.05) is 19.8 Å². The van der Waals surface area contributed by atoms with Crippen molar-refractivity contribution in [3.05, 3.63) is 0 Å². The average molecular weight is 214 g/mol. The van der Waals surface area contributed by atoms with Crippen LogP contribution in [0.2, 0.25) is 0 Å². The Morgan fingerprint density at radius 3 is 2.93 bits per heavy atom. The van der Waals surface area contributed by atoms with Crippen molar-refractivity contribution in [2.45, 2.75) is 39.0 Å². The molecule has 0 amide bonds. The second-order valence-electron chi connectivity index (χ2n) is 4.34. The van der Waals surface area contributed by atoms with Gasteiger partial charge in [0.05, 0.1) is 13.2 Å². The van der Waals surface area contributed by atoms with Crippen LogP contribution in [0, 0.1) is 11.8 Å². The molecule has 0 aliphatic heterocycles. The van der Waals surface area contributed by atoms with Crippen molar-refractivity contribution in [2.24, 2.45) is 11.8 Å². The second kappa shape index (κ2) is 6.96. The van der Waals surface area contributed by atoms with E-state index in [1.165, 1.54) is 6.42 Å². The SMILES string of the molecule is CCC1CCC(=O)C(CCOCCO)C1. The summed E-state index contributed by atoms with van der Waals surface area (Å²) in [4.78, 5) is 11.6. The lowest BCUT2D eigenvalue weighted by molar-refractivity contribution is -0.126. The first-order chi connectivity index (χ1) is 7.27. The summed E-state index contributed by atoms with van der Waals surface area (Å²) in [6.45, 7) is 3.25. The molecule has 0 aromatic rings. The Hall–Kier alpha value is -0.410. The molecule has 0 bridgehead atoms. The van der Waals surface area contributed by atoms with E-state index in [1.807, 2.05) is 0 Å². The lowest BCUT2D eigenvalue weighted by Crippen LogP contribution is -2.25. The molecule has 88 valence electrons. The molecule has 3 heteroatoms. The number of Topliss-reactive ketones (excluding diaryl/α,β-unsaturated/α-hetero) is 1. The molecule has 2 atom stereocenters. The zero-order chi connectivity index (χ0) is 11.1. The van der Waals surface area contributed by atoms with Gasteiger partial charge >= 0.3 is 0 Å². The summed E-state index contributed by atoms with van der Waals surface area (Å²) in [5.41, 5.74) is 0. The number of ether oxygens (including phenoxy) is 1. The van der Waals surface area contributed by atoms with Crippen LogP contribution >= 0.6 is 0 Å². The zero-order valence-corrected chi connectivity index (χ0v) is 9.58. The lowest BCUT2D eigenvalue weighted by Gasteiger charge is -2.27. The first kappa shape index (κ1) is 12.7. The third-order valence-electron chi connectivity index (χ3n) is 3.30. The molecule has 3 nitrogen and oxygen atoms in total. The van der Waals surface area contributed by atoms with Gasteiger partial charge in [-0.2, -0.15) is 0 Å². The number of hydrogen-bond acceptors (Lipinski definition) is 3. The summed E-state index contributed by atoms with van der Waals surface area (Å²) in [5.74, 6) is 1.35. The van der Waals surface area contributed by atoms with Crippen molar-refractivity contribution in [1.29, 1.82) is 0 Å². The van der Waals surface area contributed by atoms with Gasteiger partial charge in [0.25, 0.3) is 0 Å². The number of ketones is 1. The Bertz CT molecular complexity index is 191. The maximum atomic E-state index is 11.6. The van der Waals surface area contributed by atoms with Gasteiger partial charge in [-0.25, -0.2) is 0 Å². The zero-order valence-electron chi connectivity index (χ0n) is 9.58. The Kier molecular flexibility index (Phi) is 5.88. The second-order valence-corrected chi connectivity index (χ2v) is 4.34. The number of aliphatic hydroxyl groups is 1. The van der Waals surface area contributed by atoms with Crippen LogP contribution in [0.5, 0.6) is 0 Å². The molecular weight excluding hydrogens is 192 g/mol. The number of hydrogen-bond donors (Lipinski definition) is 1. The molecule has 0 radical (unpaired) electrons. The fourth-order valence-corrected chi connectivity index (χ4v) is 2.24. The minimum absolute atomic E-state index is 0.0657. The van der Waals surface area contributed by atoms with Crippen LogP contribution < -0.4 is 0 Å². The maximum absolute atomic E-state index is 11.6. The van der Waals surface area contributed by atoms with Crippen LogP contribution in [-0.2, 0) is 9.53 Å². The fourth-order valence-electron chi connectivity index (χ4n) is 2.24. The number of carbonyl (C=O) groups is 1. The van der Waals surface area contributed by atoms with Gasteiger partial charge in [-0.3, -0.25) is 4.79 Å². The van der Waals surface area contributed by atoms with E-state index >= 15 is 0 Å². The fraction of sp³-hybridized carbons (Fsp3) is 0.917. The lowest BCUT2D eigenvalue weighted by atomic mass is 9.78. The highest BCUT2D eigenvalue weighted by atomic mass is 16.5. The van der Waals surface area contributed by atoms with Gasteiger partial charge in [-0.05, 0) is 25.2 Å². The van der Waals surface area contributed by atoms with E-state index in [4.69, 9.17) is 9.84 Å². The monoisotopic (exact) mass is 214 g/mol. The predicted octanol–water partition coefficient (Wildman–Crippen LogP) is 1.78. The molecule has 0 saturated heterocycles. The van der Waals surface area contributed by atoms with Crippen molar-refractivity contribution < 1.29 is 14.6 Å². The van der Waals surface area contributed by atoms with Gasteiger partial charge in [-0.1, -0.05) is 13.3 Å². The molecule has 15 heavy (non-hydrogen) atoms. The van der Waals surface area contributed by atoms with E-state index in [1.54, 1.807) is 0 Å². The van der Waals surface area contributed by atoms with E-state index < -0.39 is 0 Å². The quantitative estimate of drug-likeness (QED) is 0.686. The Morgan fingerprint density at radius 1 is 1.47 bits per heavy atom. The molecule has 1 rings (SSSR count). The van der Waals surface area contributed by atoms with Gasteiger partial charge in [0, 0.05) is 18.9 Å². The molecule has 0 aromatic carbocycles. The Balaban J connectivity index is 2.22. The summed E-state index contributed by atoms with van der Waals surface area (Å²) in [5, 5.41) is 8.54. The van der Waals surface area contributed by atoms with Crippen LogP contribution in [0.25, 0.3) is 0 Å². The van der Waals surface area contributed by atoms with Gasteiger partial charge in [0.1, 0.15) is 5.78 Å². The highest BCUT2D eigenvalue weighted by molar-refractivity contribution is 5.81. The first-order valence-electron chi connectivity index (χ1n) is 5.99. The van der Waals surface area contributed by atoms with E-state index in [2.05, 4.69) is 6.92 Å². The summed E-state index contributed by atoms with van der Waals surface area (Å²) in [6.07, 6.45) is 4.88. The van der Waals surface area contributed by atoms with Crippen LogP contribution in [0.1, 0.15) is 39.0 Å². The largest absolute Gasteiger partial charge is 0.394 e. The van der Waals surface area contributed by atoms with Crippen molar-refractivity contribution in [3.8, 4) is 0 Å². The molecule has 2 unspecified atom stereocenters. The van der Waals surface area contributed by atoms with E-state index in [9.17, 15) is 4.79 Å². The van der Waals surface area contributed by atoms with Crippen molar-refractivity contribution >= 4 is 5.78 Å². The van der Waals surface area contributed by atoms with Crippen LogP contribution in [0.4, 0.5) is 0 Å². The molecule has 0 spiro atoms. The van der Waals surface area contributed by atoms with Crippen LogP contribution in [0.3, 0.4) is 0 Å². The topological polar surface area (TPSA) is 46.5 Å². The van der Waals surface area contributed by atoms with Gasteiger partial charge < -0.3 is 9.84 Å². The van der Waals surface area contributed by atoms with E-state index in [-0.39, 0.29) is 12.5 Å². The van der Waals surface area contributed by atoms with Gasteiger partial charge in [0.15, 0.2) is 0 Å². The summed E-state index contributed by atoms with van der Waals surface area (Å²) < 4.78 is 5.20. The molecule has 1 N–H and O–H groups in total. The minimum atomic E-state index is 0.0657. The predicted molar refractivity (Wildman–Crippen MR) is 58.7 cm³/mol. The smallest absolute Gasteiger partial charge is 0.136 e. The Labute approximate surface area is 91.8 Å². The van der Waals surface area contributed by atoms with Crippen molar-refractivity contribution in [3.63, 3.8) is 0 Å². The first-order valence-corrected chi connectivity index (χ1v) is 5.99. The van der Waals surface area contributed by atoms with E-state index in [0.29, 0.717) is 19.0 Å². The average Bonchev–Trinajstić information content (AvgIpc) is 2.26. The maximum Gasteiger partial charge on any atom is 0.136 e. The molecular formula is C12H22O3. The number of rotatable bonds is 6. The van der Waals surface area contributed by atoms with Crippen molar-refractivity contribution in [1.82, 2.24) is 0 Å².